The Bertz CT molecular complexity index is 1350. The van der Waals surface area contributed by atoms with E-state index in [0.29, 0.717) is 16.7 Å². The topological polar surface area (TPSA) is 73.6 Å². The minimum Gasteiger partial charge on any atom is -0.493 e. The summed E-state index contributed by atoms with van der Waals surface area (Å²) in [5.41, 5.74) is 0.854. The van der Waals surface area contributed by atoms with E-state index in [1.54, 1.807) is 18.2 Å². The molecule has 2 heterocycles. The van der Waals surface area contributed by atoms with Gasteiger partial charge in [0.25, 0.3) is 5.56 Å². The van der Waals surface area contributed by atoms with Gasteiger partial charge >= 0.3 is 5.56 Å². The van der Waals surface area contributed by atoms with Crippen molar-refractivity contribution in [3.8, 4) is 17.0 Å². The molecule has 0 N–H and O–H groups in total. The molecule has 0 fully saturated rings. The molecule has 0 saturated carbocycles. The van der Waals surface area contributed by atoms with Crippen LogP contribution in [0.25, 0.3) is 22.3 Å². The summed E-state index contributed by atoms with van der Waals surface area (Å²) < 4.78 is 7.60. The average molecular weight is 434 g/mol. The number of hydrogen-bond donors (Lipinski definition) is 0. The van der Waals surface area contributed by atoms with Crippen LogP contribution in [0.1, 0.15) is 38.2 Å². The summed E-state index contributed by atoms with van der Waals surface area (Å²) in [7, 11) is 0. The molecule has 0 amide bonds. The highest BCUT2D eigenvalue weighted by Gasteiger charge is 2.13. The second-order valence-electron chi connectivity index (χ2n) is 7.19. The minimum absolute atomic E-state index is 0.162. The molecule has 7 heteroatoms. The van der Waals surface area contributed by atoms with Crippen LogP contribution in [0.2, 0.25) is 0 Å². The van der Waals surface area contributed by atoms with Crippen LogP contribution in [-0.4, -0.2) is 21.2 Å². The Morgan fingerprint density at radius 3 is 2.58 bits per heavy atom. The molecule has 0 spiro atoms. The number of benzene rings is 2. The van der Waals surface area contributed by atoms with Crippen molar-refractivity contribution in [1.82, 2.24) is 14.6 Å². The molecule has 158 valence electrons. The number of nitrogens with zero attached hydrogens (tertiary/aromatic N) is 3. The van der Waals surface area contributed by atoms with Gasteiger partial charge in [-0.05, 0) is 18.6 Å². The van der Waals surface area contributed by atoms with Crippen LogP contribution in [0.5, 0.6) is 5.75 Å². The summed E-state index contributed by atoms with van der Waals surface area (Å²) in [5.74, 6) is 0.733. The SMILES string of the molecule is CCCCCCOc1ccccc1C=c1sc2nc(=O)c(-c3ccccc3)nn2c1=O. The van der Waals surface area contributed by atoms with Crippen molar-refractivity contribution in [1.29, 1.82) is 0 Å². The third-order valence-corrected chi connectivity index (χ3v) is 5.85. The maximum absolute atomic E-state index is 13.0. The monoisotopic (exact) mass is 433 g/mol. The molecule has 2 aromatic heterocycles. The van der Waals surface area contributed by atoms with Gasteiger partial charge in [-0.1, -0.05) is 86.1 Å². The van der Waals surface area contributed by atoms with E-state index in [-0.39, 0.29) is 16.2 Å². The average Bonchev–Trinajstić information content (AvgIpc) is 3.09. The molecule has 0 atom stereocenters. The predicted octanol–water partition coefficient (Wildman–Crippen LogP) is 3.69. The fraction of sp³-hybridized carbons (Fsp3) is 0.250. The van der Waals surface area contributed by atoms with Gasteiger partial charge in [-0.15, -0.1) is 0 Å². The molecule has 0 aliphatic heterocycles. The lowest BCUT2D eigenvalue weighted by Gasteiger charge is -2.08. The maximum atomic E-state index is 13.0. The Labute approximate surface area is 183 Å². The quantitative estimate of drug-likeness (QED) is 0.396. The van der Waals surface area contributed by atoms with E-state index in [4.69, 9.17) is 4.74 Å². The highest BCUT2D eigenvalue weighted by molar-refractivity contribution is 7.15. The summed E-state index contributed by atoms with van der Waals surface area (Å²) in [6, 6.07) is 16.7. The van der Waals surface area contributed by atoms with E-state index in [2.05, 4.69) is 17.0 Å². The highest BCUT2D eigenvalue weighted by atomic mass is 32.1. The Balaban J connectivity index is 1.70. The maximum Gasteiger partial charge on any atom is 0.300 e. The molecule has 0 unspecified atom stereocenters. The van der Waals surface area contributed by atoms with Gasteiger partial charge in [-0.2, -0.15) is 14.6 Å². The first-order chi connectivity index (χ1) is 15.2. The number of para-hydroxylation sites is 1. The second-order valence-corrected chi connectivity index (χ2v) is 8.20. The van der Waals surface area contributed by atoms with Crippen LogP contribution < -0.4 is 20.4 Å². The molecule has 4 rings (SSSR count). The summed E-state index contributed by atoms with van der Waals surface area (Å²) in [5, 5.41) is 4.30. The fourth-order valence-corrected chi connectivity index (χ4v) is 4.16. The van der Waals surface area contributed by atoms with E-state index < -0.39 is 5.56 Å². The zero-order valence-electron chi connectivity index (χ0n) is 17.3. The molecule has 0 saturated heterocycles. The number of aromatic nitrogens is 3. The minimum atomic E-state index is -0.449. The van der Waals surface area contributed by atoms with E-state index in [1.165, 1.54) is 17.4 Å². The smallest absolute Gasteiger partial charge is 0.300 e. The zero-order chi connectivity index (χ0) is 21.6. The van der Waals surface area contributed by atoms with Crippen molar-refractivity contribution in [3.05, 3.63) is 85.4 Å². The first-order valence-electron chi connectivity index (χ1n) is 10.4. The van der Waals surface area contributed by atoms with Crippen LogP contribution in [0.4, 0.5) is 0 Å². The normalized spacial score (nSPS) is 11.8. The first-order valence-corrected chi connectivity index (χ1v) is 11.2. The van der Waals surface area contributed by atoms with E-state index in [0.717, 1.165) is 35.5 Å². The Morgan fingerprint density at radius 1 is 1.00 bits per heavy atom. The van der Waals surface area contributed by atoms with Crippen molar-refractivity contribution in [3.63, 3.8) is 0 Å². The molecular weight excluding hydrogens is 410 g/mol. The van der Waals surface area contributed by atoms with Crippen LogP contribution >= 0.6 is 11.3 Å². The number of unbranched alkanes of at least 4 members (excludes halogenated alkanes) is 3. The summed E-state index contributed by atoms with van der Waals surface area (Å²) in [4.78, 5) is 29.8. The van der Waals surface area contributed by atoms with Gasteiger partial charge in [0.05, 0.1) is 11.1 Å². The van der Waals surface area contributed by atoms with Gasteiger partial charge < -0.3 is 4.74 Å². The van der Waals surface area contributed by atoms with Crippen LogP contribution in [0, 0.1) is 0 Å². The number of rotatable bonds is 8. The molecule has 0 aliphatic rings. The summed E-state index contributed by atoms with van der Waals surface area (Å²) in [6.07, 6.45) is 6.29. The Hall–Kier alpha value is -3.32. The van der Waals surface area contributed by atoms with Gasteiger partial charge in [0.1, 0.15) is 5.75 Å². The summed E-state index contributed by atoms with van der Waals surface area (Å²) >= 11 is 1.15. The zero-order valence-corrected chi connectivity index (χ0v) is 18.1. The second kappa shape index (κ2) is 9.66. The van der Waals surface area contributed by atoms with Gasteiger partial charge in [0.15, 0.2) is 5.69 Å². The number of thiazole rings is 1. The molecule has 2 aromatic carbocycles. The van der Waals surface area contributed by atoms with Crippen molar-refractivity contribution in [2.45, 2.75) is 32.6 Å². The third-order valence-electron chi connectivity index (χ3n) is 4.89. The largest absolute Gasteiger partial charge is 0.493 e. The van der Waals surface area contributed by atoms with Gasteiger partial charge in [-0.25, -0.2) is 0 Å². The molecule has 4 aromatic rings. The van der Waals surface area contributed by atoms with E-state index in [1.807, 2.05) is 42.5 Å². The fourth-order valence-electron chi connectivity index (χ4n) is 3.27. The first kappa shape index (κ1) is 20.9. The molecule has 6 nitrogen and oxygen atoms in total. The van der Waals surface area contributed by atoms with Crippen molar-refractivity contribution >= 4 is 22.4 Å². The Morgan fingerprint density at radius 2 is 1.77 bits per heavy atom. The number of hydrogen-bond acceptors (Lipinski definition) is 6. The van der Waals surface area contributed by atoms with Crippen LogP contribution in [0.3, 0.4) is 0 Å². The lowest BCUT2D eigenvalue weighted by Crippen LogP contribution is -2.26. The van der Waals surface area contributed by atoms with Crippen molar-refractivity contribution < 1.29 is 4.74 Å². The van der Waals surface area contributed by atoms with E-state index >= 15 is 0 Å². The van der Waals surface area contributed by atoms with Gasteiger partial charge in [0.2, 0.25) is 4.96 Å². The highest BCUT2D eigenvalue weighted by Crippen LogP contribution is 2.19. The van der Waals surface area contributed by atoms with Gasteiger partial charge in [-0.3, -0.25) is 9.59 Å². The predicted molar refractivity (Wildman–Crippen MR) is 124 cm³/mol. The molecule has 0 radical (unpaired) electrons. The summed E-state index contributed by atoms with van der Waals surface area (Å²) in [6.45, 7) is 2.82. The molecule has 0 bridgehead atoms. The van der Waals surface area contributed by atoms with Crippen molar-refractivity contribution in [2.24, 2.45) is 0 Å². The number of ether oxygens (including phenoxy) is 1. The molecule has 0 aliphatic carbocycles. The standard InChI is InChI=1S/C24H23N3O3S/c1-2-3-4-10-15-30-19-14-9-8-13-18(19)16-20-23(29)27-24(31-20)25-22(28)21(26-27)17-11-6-5-7-12-17/h5-9,11-14,16H,2-4,10,15H2,1H3. The van der Waals surface area contributed by atoms with Gasteiger partial charge in [0, 0.05) is 11.1 Å². The van der Waals surface area contributed by atoms with E-state index in [9.17, 15) is 9.59 Å². The third kappa shape index (κ3) is 4.72. The lowest BCUT2D eigenvalue weighted by atomic mass is 10.2. The Kier molecular flexibility index (Phi) is 6.52. The van der Waals surface area contributed by atoms with Crippen LogP contribution in [0.15, 0.2) is 64.2 Å². The molecule has 31 heavy (non-hydrogen) atoms. The van der Waals surface area contributed by atoms with Crippen molar-refractivity contribution in [2.75, 3.05) is 6.61 Å². The molecular formula is C24H23N3O3S. The van der Waals surface area contributed by atoms with Crippen LogP contribution in [-0.2, 0) is 0 Å². The number of fused-ring (bicyclic) bond motifs is 1. The lowest BCUT2D eigenvalue weighted by molar-refractivity contribution is 0.304.